The van der Waals surface area contributed by atoms with Crippen molar-refractivity contribution >= 4 is 22.7 Å². The molecule has 0 fully saturated rings. The molecule has 102 valence electrons. The Hall–Kier alpha value is -1.06. The zero-order valence-corrected chi connectivity index (χ0v) is 12.9. The van der Waals surface area contributed by atoms with Crippen molar-refractivity contribution in [2.75, 3.05) is 6.54 Å². The molecule has 0 aliphatic carbocycles. The molecule has 0 unspecified atom stereocenters. The van der Waals surface area contributed by atoms with Gasteiger partial charge in [0.25, 0.3) is 0 Å². The van der Waals surface area contributed by atoms with Crippen molar-refractivity contribution in [2.24, 2.45) is 5.73 Å². The number of hydrogen-bond donors (Lipinski definition) is 1. The summed E-state index contributed by atoms with van der Waals surface area (Å²) in [6.45, 7) is 9.40. The minimum atomic E-state index is 0.0130. The maximum absolute atomic E-state index is 5.84. The van der Waals surface area contributed by atoms with E-state index in [0.717, 1.165) is 10.5 Å². The van der Waals surface area contributed by atoms with Crippen molar-refractivity contribution in [1.82, 2.24) is 4.98 Å². The Morgan fingerprint density at radius 1 is 1.26 bits per heavy atom. The SMILES string of the molecule is CC(C)c1cc2ccccc2nc1SC(C)(C)CN. The smallest absolute Gasteiger partial charge is 0.101 e. The molecule has 2 rings (SSSR count). The van der Waals surface area contributed by atoms with Crippen molar-refractivity contribution in [3.8, 4) is 0 Å². The summed E-state index contributed by atoms with van der Waals surface area (Å²) >= 11 is 1.78. The van der Waals surface area contributed by atoms with Crippen molar-refractivity contribution in [3.05, 3.63) is 35.9 Å². The second-order valence-corrected chi connectivity index (χ2v) is 7.49. The molecule has 0 amide bonds. The van der Waals surface area contributed by atoms with E-state index < -0.39 is 0 Å². The molecule has 0 aliphatic rings. The monoisotopic (exact) mass is 274 g/mol. The van der Waals surface area contributed by atoms with Crippen LogP contribution in [0.15, 0.2) is 35.4 Å². The zero-order valence-electron chi connectivity index (χ0n) is 12.1. The average Bonchev–Trinajstić information content (AvgIpc) is 2.37. The quantitative estimate of drug-likeness (QED) is 0.850. The van der Waals surface area contributed by atoms with Gasteiger partial charge in [0.15, 0.2) is 0 Å². The lowest BCUT2D eigenvalue weighted by Crippen LogP contribution is -2.27. The van der Waals surface area contributed by atoms with Crippen LogP contribution in [0, 0.1) is 0 Å². The van der Waals surface area contributed by atoms with Gasteiger partial charge in [0.05, 0.1) is 5.52 Å². The summed E-state index contributed by atoms with van der Waals surface area (Å²) in [5.74, 6) is 0.466. The lowest BCUT2D eigenvalue weighted by atomic mass is 10.0. The molecular formula is C16H22N2S. The first-order valence-corrected chi connectivity index (χ1v) is 7.53. The predicted octanol–water partition coefficient (Wildman–Crippen LogP) is 4.19. The Bertz CT molecular complexity index is 576. The summed E-state index contributed by atoms with van der Waals surface area (Å²) in [7, 11) is 0. The lowest BCUT2D eigenvalue weighted by molar-refractivity contribution is 0.718. The zero-order chi connectivity index (χ0) is 14.0. The van der Waals surface area contributed by atoms with Gasteiger partial charge in [0, 0.05) is 16.7 Å². The molecule has 0 radical (unpaired) electrons. The van der Waals surface area contributed by atoms with Crippen LogP contribution in [0.5, 0.6) is 0 Å². The Morgan fingerprint density at radius 2 is 1.95 bits per heavy atom. The third-order valence-electron chi connectivity index (χ3n) is 3.20. The number of nitrogens with zero attached hydrogens (tertiary/aromatic N) is 1. The number of thioether (sulfide) groups is 1. The molecule has 3 heteroatoms. The largest absolute Gasteiger partial charge is 0.329 e. The van der Waals surface area contributed by atoms with Crippen LogP contribution in [0.3, 0.4) is 0 Å². The van der Waals surface area contributed by atoms with Crippen molar-refractivity contribution in [2.45, 2.75) is 43.4 Å². The minimum Gasteiger partial charge on any atom is -0.329 e. The van der Waals surface area contributed by atoms with Crippen molar-refractivity contribution < 1.29 is 0 Å². The van der Waals surface area contributed by atoms with E-state index >= 15 is 0 Å². The molecule has 0 bridgehead atoms. The van der Waals surface area contributed by atoms with Crippen molar-refractivity contribution in [3.63, 3.8) is 0 Å². The van der Waals surface area contributed by atoms with Gasteiger partial charge in [-0.1, -0.05) is 43.8 Å². The number of benzene rings is 1. The summed E-state index contributed by atoms with van der Waals surface area (Å²) in [4.78, 5) is 4.84. The minimum absolute atomic E-state index is 0.0130. The molecule has 1 aromatic carbocycles. The van der Waals surface area contributed by atoms with Gasteiger partial charge in [0.1, 0.15) is 5.03 Å². The molecule has 0 aliphatic heterocycles. The van der Waals surface area contributed by atoms with Gasteiger partial charge < -0.3 is 5.73 Å². The highest BCUT2D eigenvalue weighted by molar-refractivity contribution is 8.00. The van der Waals surface area contributed by atoms with Crippen LogP contribution in [-0.4, -0.2) is 16.3 Å². The third kappa shape index (κ3) is 3.28. The number of hydrogen-bond acceptors (Lipinski definition) is 3. The lowest BCUT2D eigenvalue weighted by Gasteiger charge is -2.23. The molecule has 0 atom stereocenters. The number of rotatable bonds is 4. The van der Waals surface area contributed by atoms with Crippen LogP contribution in [0.1, 0.15) is 39.2 Å². The molecule has 1 aromatic heterocycles. The van der Waals surface area contributed by atoms with E-state index in [9.17, 15) is 0 Å². The van der Waals surface area contributed by atoms with Crippen LogP contribution < -0.4 is 5.73 Å². The second kappa shape index (κ2) is 5.51. The maximum atomic E-state index is 5.84. The van der Waals surface area contributed by atoms with E-state index in [1.54, 1.807) is 11.8 Å². The highest BCUT2D eigenvalue weighted by Crippen LogP contribution is 2.36. The van der Waals surface area contributed by atoms with Crippen LogP contribution in [0.25, 0.3) is 10.9 Å². The second-order valence-electron chi connectivity index (χ2n) is 5.80. The van der Waals surface area contributed by atoms with E-state index in [2.05, 4.69) is 52.0 Å². The number of aromatic nitrogens is 1. The molecule has 2 nitrogen and oxygen atoms in total. The van der Waals surface area contributed by atoms with Gasteiger partial charge >= 0.3 is 0 Å². The van der Waals surface area contributed by atoms with E-state index in [4.69, 9.17) is 10.7 Å². The summed E-state index contributed by atoms with van der Waals surface area (Å²) in [6.07, 6.45) is 0. The van der Waals surface area contributed by atoms with Gasteiger partial charge in [-0.15, -0.1) is 0 Å². The van der Waals surface area contributed by atoms with Crippen LogP contribution >= 0.6 is 11.8 Å². The van der Waals surface area contributed by atoms with Gasteiger partial charge in [-0.25, -0.2) is 4.98 Å². The van der Waals surface area contributed by atoms with Gasteiger partial charge in [-0.2, -0.15) is 0 Å². The molecule has 0 saturated heterocycles. The van der Waals surface area contributed by atoms with Gasteiger partial charge in [-0.3, -0.25) is 0 Å². The number of pyridine rings is 1. The first-order valence-electron chi connectivity index (χ1n) is 6.72. The third-order valence-corrected chi connectivity index (χ3v) is 4.44. The number of nitrogens with two attached hydrogens (primary N) is 1. The standard InChI is InChI=1S/C16H22N2S/c1-11(2)13-9-12-7-5-6-8-14(12)18-15(13)19-16(3,4)10-17/h5-9,11H,10,17H2,1-4H3. The van der Waals surface area contributed by atoms with E-state index in [0.29, 0.717) is 12.5 Å². The van der Waals surface area contributed by atoms with Crippen LogP contribution in [0.2, 0.25) is 0 Å². The predicted molar refractivity (Wildman–Crippen MR) is 84.8 cm³/mol. The average molecular weight is 274 g/mol. The number of fused-ring (bicyclic) bond motifs is 1. The van der Waals surface area contributed by atoms with Gasteiger partial charge in [-0.05, 0) is 37.5 Å². The molecule has 0 spiro atoms. The maximum Gasteiger partial charge on any atom is 0.101 e. The molecule has 2 aromatic rings. The Balaban J connectivity index is 2.54. The Kier molecular flexibility index (Phi) is 4.16. The van der Waals surface area contributed by atoms with E-state index in [1.807, 2.05) is 6.07 Å². The Morgan fingerprint density at radius 3 is 2.58 bits per heavy atom. The first kappa shape index (κ1) is 14.4. The molecule has 19 heavy (non-hydrogen) atoms. The highest BCUT2D eigenvalue weighted by atomic mass is 32.2. The molecule has 0 saturated carbocycles. The van der Waals surface area contributed by atoms with E-state index in [-0.39, 0.29) is 4.75 Å². The fourth-order valence-electron chi connectivity index (χ4n) is 1.91. The topological polar surface area (TPSA) is 38.9 Å². The molecular weight excluding hydrogens is 252 g/mol. The summed E-state index contributed by atoms with van der Waals surface area (Å²) in [6, 6.07) is 10.6. The van der Waals surface area contributed by atoms with Gasteiger partial charge in [0.2, 0.25) is 0 Å². The van der Waals surface area contributed by atoms with Crippen molar-refractivity contribution in [1.29, 1.82) is 0 Å². The van der Waals surface area contributed by atoms with E-state index in [1.165, 1.54) is 10.9 Å². The highest BCUT2D eigenvalue weighted by Gasteiger charge is 2.21. The molecule has 2 N–H and O–H groups in total. The van der Waals surface area contributed by atoms with Crippen LogP contribution in [-0.2, 0) is 0 Å². The summed E-state index contributed by atoms with van der Waals surface area (Å²) < 4.78 is 0.0130. The van der Waals surface area contributed by atoms with Crippen LogP contribution in [0.4, 0.5) is 0 Å². The fraction of sp³-hybridized carbons (Fsp3) is 0.438. The molecule has 1 heterocycles. The normalized spacial score (nSPS) is 12.3. The first-order chi connectivity index (χ1) is 8.93. The fourth-order valence-corrected chi connectivity index (χ4v) is 3.08. The number of para-hydroxylation sites is 1. The summed E-state index contributed by atoms with van der Waals surface area (Å²) in [5.41, 5.74) is 8.21. The Labute approximate surface area is 119 Å². The summed E-state index contributed by atoms with van der Waals surface area (Å²) in [5, 5.41) is 2.32.